The van der Waals surface area contributed by atoms with Gasteiger partial charge in [0.15, 0.2) is 5.78 Å². The number of carbonyl (C=O) groups is 1. The lowest BCUT2D eigenvalue weighted by atomic mass is 9.98. The van der Waals surface area contributed by atoms with Gasteiger partial charge in [-0.25, -0.2) is 0 Å². The molecule has 0 aliphatic carbocycles. The van der Waals surface area contributed by atoms with Gasteiger partial charge in [-0.15, -0.1) is 0 Å². The number of fused-ring (bicyclic) bond motifs is 1. The molecule has 2 aliphatic heterocycles. The highest BCUT2D eigenvalue weighted by Gasteiger charge is 2.28. The SMILES string of the molecule is CC(C(=O)c1ccc2c(c1)NCCO2)N(C)C1CCN(C)CC1. The number of ether oxygens (including phenoxy) is 1. The van der Waals surface area contributed by atoms with Gasteiger partial charge in [-0.05, 0) is 65.1 Å². The molecule has 1 saturated heterocycles. The molecule has 1 fully saturated rings. The zero-order chi connectivity index (χ0) is 16.4. The van der Waals surface area contributed by atoms with Gasteiger partial charge >= 0.3 is 0 Å². The molecule has 1 aromatic rings. The van der Waals surface area contributed by atoms with E-state index in [-0.39, 0.29) is 11.8 Å². The quantitative estimate of drug-likeness (QED) is 0.862. The van der Waals surface area contributed by atoms with Crippen molar-refractivity contribution in [3.05, 3.63) is 23.8 Å². The predicted molar refractivity (Wildman–Crippen MR) is 92.5 cm³/mol. The van der Waals surface area contributed by atoms with Gasteiger partial charge in [0, 0.05) is 18.2 Å². The Morgan fingerprint density at radius 2 is 2.13 bits per heavy atom. The Bertz CT molecular complexity index is 567. The number of likely N-dealkylation sites (tertiary alicyclic amines) is 1. The smallest absolute Gasteiger partial charge is 0.179 e. The number of Topliss-reactive ketones (excluding diaryl/α,β-unsaturated/α-hetero) is 1. The van der Waals surface area contributed by atoms with Crippen LogP contribution in [0.5, 0.6) is 5.75 Å². The van der Waals surface area contributed by atoms with E-state index in [1.54, 1.807) is 0 Å². The van der Waals surface area contributed by atoms with Crippen molar-refractivity contribution >= 4 is 11.5 Å². The van der Waals surface area contributed by atoms with Crippen LogP contribution in [0.25, 0.3) is 0 Å². The number of piperidine rings is 1. The lowest BCUT2D eigenvalue weighted by molar-refractivity contribution is 0.0731. The summed E-state index contributed by atoms with van der Waals surface area (Å²) >= 11 is 0. The van der Waals surface area contributed by atoms with Crippen molar-refractivity contribution in [2.45, 2.75) is 31.8 Å². The summed E-state index contributed by atoms with van der Waals surface area (Å²) in [6, 6.07) is 6.09. The van der Waals surface area contributed by atoms with Gasteiger partial charge in [-0.1, -0.05) is 0 Å². The van der Waals surface area contributed by atoms with E-state index in [2.05, 4.69) is 29.2 Å². The standard InChI is InChI=1S/C18H27N3O2/c1-13(21(3)15-6-9-20(2)10-7-15)18(22)14-4-5-17-16(12-14)19-8-11-23-17/h4-5,12-13,15,19H,6-11H2,1-3H3. The van der Waals surface area contributed by atoms with Crippen LogP contribution in [0.4, 0.5) is 5.69 Å². The summed E-state index contributed by atoms with van der Waals surface area (Å²) in [6.45, 7) is 5.70. The van der Waals surface area contributed by atoms with Crippen LogP contribution in [-0.4, -0.2) is 68.0 Å². The number of benzene rings is 1. The van der Waals surface area contributed by atoms with Crippen LogP contribution in [-0.2, 0) is 0 Å². The first-order valence-electron chi connectivity index (χ1n) is 8.51. The van der Waals surface area contributed by atoms with Crippen molar-refractivity contribution in [2.75, 3.05) is 45.7 Å². The number of rotatable bonds is 4. The number of ketones is 1. The number of carbonyl (C=O) groups excluding carboxylic acids is 1. The van der Waals surface area contributed by atoms with Crippen LogP contribution in [0, 0.1) is 0 Å². The number of hydrogen-bond donors (Lipinski definition) is 1. The van der Waals surface area contributed by atoms with E-state index in [1.807, 2.05) is 25.1 Å². The van der Waals surface area contributed by atoms with Crippen molar-refractivity contribution in [1.29, 1.82) is 0 Å². The molecule has 0 bridgehead atoms. The fraction of sp³-hybridized carbons (Fsp3) is 0.611. The van der Waals surface area contributed by atoms with Crippen LogP contribution in [0.3, 0.4) is 0 Å². The Hall–Kier alpha value is -1.59. The van der Waals surface area contributed by atoms with Crippen LogP contribution >= 0.6 is 0 Å². The molecule has 0 aromatic heterocycles. The van der Waals surface area contributed by atoms with Gasteiger partial charge in [-0.3, -0.25) is 9.69 Å². The molecular weight excluding hydrogens is 290 g/mol. The Morgan fingerprint density at radius 3 is 2.87 bits per heavy atom. The summed E-state index contributed by atoms with van der Waals surface area (Å²) in [5, 5.41) is 3.30. The van der Waals surface area contributed by atoms with Gasteiger partial charge in [0.1, 0.15) is 12.4 Å². The molecule has 1 unspecified atom stereocenters. The highest BCUT2D eigenvalue weighted by atomic mass is 16.5. The molecule has 0 radical (unpaired) electrons. The lowest BCUT2D eigenvalue weighted by Crippen LogP contribution is -2.48. The third-order valence-corrected chi connectivity index (χ3v) is 5.19. The topological polar surface area (TPSA) is 44.8 Å². The summed E-state index contributed by atoms with van der Waals surface area (Å²) in [4.78, 5) is 17.5. The minimum Gasteiger partial charge on any atom is -0.490 e. The average molecular weight is 317 g/mol. The van der Waals surface area contributed by atoms with Gasteiger partial charge in [0.2, 0.25) is 0 Å². The van der Waals surface area contributed by atoms with Gasteiger partial charge in [0.25, 0.3) is 0 Å². The summed E-state index contributed by atoms with van der Waals surface area (Å²) < 4.78 is 5.58. The summed E-state index contributed by atoms with van der Waals surface area (Å²) in [5.74, 6) is 1.02. The maximum absolute atomic E-state index is 12.9. The molecule has 1 N–H and O–H groups in total. The second-order valence-corrected chi connectivity index (χ2v) is 6.73. The number of hydrogen-bond acceptors (Lipinski definition) is 5. The molecule has 1 atom stereocenters. The highest BCUT2D eigenvalue weighted by molar-refractivity contribution is 6.01. The average Bonchev–Trinajstić information content (AvgIpc) is 2.60. The predicted octanol–water partition coefficient (Wildman–Crippen LogP) is 2.09. The molecule has 2 aliphatic rings. The minimum atomic E-state index is -0.106. The normalized spacial score (nSPS) is 20.5. The third-order valence-electron chi connectivity index (χ3n) is 5.19. The largest absolute Gasteiger partial charge is 0.490 e. The van der Waals surface area contributed by atoms with Gasteiger partial charge < -0.3 is 15.0 Å². The van der Waals surface area contributed by atoms with Crippen molar-refractivity contribution < 1.29 is 9.53 Å². The zero-order valence-electron chi connectivity index (χ0n) is 14.3. The molecule has 0 amide bonds. The van der Waals surface area contributed by atoms with Crippen molar-refractivity contribution in [3.8, 4) is 5.75 Å². The van der Waals surface area contributed by atoms with E-state index < -0.39 is 0 Å². The van der Waals surface area contributed by atoms with Crippen LogP contribution in [0.2, 0.25) is 0 Å². The molecule has 126 valence electrons. The zero-order valence-corrected chi connectivity index (χ0v) is 14.3. The van der Waals surface area contributed by atoms with Crippen LogP contribution in [0.1, 0.15) is 30.1 Å². The third kappa shape index (κ3) is 3.51. The second-order valence-electron chi connectivity index (χ2n) is 6.73. The molecule has 23 heavy (non-hydrogen) atoms. The Morgan fingerprint density at radius 1 is 1.39 bits per heavy atom. The molecule has 5 heteroatoms. The van der Waals surface area contributed by atoms with E-state index in [4.69, 9.17) is 4.74 Å². The van der Waals surface area contributed by atoms with Crippen LogP contribution in [0.15, 0.2) is 18.2 Å². The fourth-order valence-corrected chi connectivity index (χ4v) is 3.44. The minimum absolute atomic E-state index is 0.106. The van der Waals surface area contributed by atoms with Gasteiger partial charge in [-0.2, -0.15) is 0 Å². The molecule has 5 nitrogen and oxygen atoms in total. The highest BCUT2D eigenvalue weighted by Crippen LogP contribution is 2.29. The maximum Gasteiger partial charge on any atom is 0.179 e. The van der Waals surface area contributed by atoms with E-state index in [1.165, 1.54) is 0 Å². The molecule has 0 saturated carbocycles. The van der Waals surface area contributed by atoms with Crippen LogP contribution < -0.4 is 10.1 Å². The number of likely N-dealkylation sites (N-methyl/N-ethyl adjacent to an activating group) is 1. The van der Waals surface area contributed by atoms with E-state index in [0.29, 0.717) is 12.6 Å². The Labute approximate surface area is 138 Å². The summed E-state index contributed by atoms with van der Waals surface area (Å²) in [6.07, 6.45) is 2.26. The Kier molecular flexibility index (Phi) is 4.87. The molecular formula is C18H27N3O2. The number of nitrogens with one attached hydrogen (secondary N) is 1. The summed E-state index contributed by atoms with van der Waals surface area (Å²) in [5.41, 5.74) is 1.69. The van der Waals surface area contributed by atoms with Crippen molar-refractivity contribution in [3.63, 3.8) is 0 Å². The molecule has 3 rings (SSSR count). The lowest BCUT2D eigenvalue weighted by Gasteiger charge is -2.37. The second kappa shape index (κ2) is 6.89. The Balaban J connectivity index is 1.69. The van der Waals surface area contributed by atoms with E-state index in [9.17, 15) is 4.79 Å². The number of anilines is 1. The first-order chi connectivity index (χ1) is 11.1. The maximum atomic E-state index is 12.9. The summed E-state index contributed by atoms with van der Waals surface area (Å²) in [7, 11) is 4.24. The molecule has 1 aromatic carbocycles. The van der Waals surface area contributed by atoms with Gasteiger partial charge in [0.05, 0.1) is 11.7 Å². The molecule has 0 spiro atoms. The van der Waals surface area contributed by atoms with E-state index in [0.717, 1.165) is 49.5 Å². The first-order valence-corrected chi connectivity index (χ1v) is 8.51. The monoisotopic (exact) mass is 317 g/mol. The first kappa shape index (κ1) is 16.3. The van der Waals surface area contributed by atoms with E-state index >= 15 is 0 Å². The van der Waals surface area contributed by atoms with Crippen molar-refractivity contribution in [2.24, 2.45) is 0 Å². The number of nitrogens with zero attached hydrogens (tertiary/aromatic N) is 2. The van der Waals surface area contributed by atoms with Crippen molar-refractivity contribution in [1.82, 2.24) is 9.80 Å². The molecule has 2 heterocycles. The fourth-order valence-electron chi connectivity index (χ4n) is 3.44.